The van der Waals surface area contributed by atoms with Crippen LogP contribution in [0, 0.1) is 0 Å². The fraction of sp³-hybridized carbons (Fsp3) is 0.286. The molecular weight excluding hydrogens is 546 g/mol. The van der Waals surface area contributed by atoms with Crippen LogP contribution in [-0.4, -0.2) is 28.0 Å². The fourth-order valence-corrected chi connectivity index (χ4v) is 5.65. The van der Waals surface area contributed by atoms with Crippen molar-refractivity contribution in [3.63, 3.8) is 0 Å². The van der Waals surface area contributed by atoms with Crippen LogP contribution < -0.4 is 14.2 Å². The van der Waals surface area contributed by atoms with E-state index in [9.17, 15) is 13.2 Å². The van der Waals surface area contributed by atoms with Gasteiger partial charge in [-0.2, -0.15) is 0 Å². The maximum Gasteiger partial charge on any atom is 0.265 e. The number of sulfonamides is 1. The van der Waals surface area contributed by atoms with Gasteiger partial charge < -0.3 is 9.47 Å². The van der Waals surface area contributed by atoms with Crippen LogP contribution in [0.1, 0.15) is 61.2 Å². The van der Waals surface area contributed by atoms with Gasteiger partial charge in [0.05, 0.1) is 18.6 Å². The molecule has 0 aromatic heterocycles. The lowest BCUT2D eigenvalue weighted by atomic mass is 9.87. The lowest BCUT2D eigenvalue weighted by Gasteiger charge is -2.19. The van der Waals surface area contributed by atoms with Crippen LogP contribution in [0.4, 0.5) is 0 Å². The molecule has 4 aromatic carbocycles. The number of ether oxygens (including phenoxy) is 2. The number of methoxy groups -OCH3 is 1. The molecule has 0 atom stereocenters. The van der Waals surface area contributed by atoms with Gasteiger partial charge in [0.2, 0.25) is 0 Å². The summed E-state index contributed by atoms with van der Waals surface area (Å²) < 4.78 is 40.1. The number of hydrogen-bond acceptors (Lipinski definition) is 5. The summed E-state index contributed by atoms with van der Waals surface area (Å²) in [7, 11) is -2.46. The number of carbonyl (C=O) groups excluding carboxylic acids is 1. The highest BCUT2D eigenvalue weighted by Crippen LogP contribution is 2.35. The van der Waals surface area contributed by atoms with Gasteiger partial charge in [-0.3, -0.25) is 4.79 Å². The molecule has 0 unspecified atom stereocenters. The van der Waals surface area contributed by atoms with Crippen molar-refractivity contribution in [2.45, 2.75) is 57.3 Å². The maximum absolute atomic E-state index is 13.5. The Hall–Kier alpha value is -4.10. The van der Waals surface area contributed by atoms with E-state index in [1.165, 1.54) is 12.1 Å². The number of aryl methyl sites for hydroxylation is 2. The first-order valence-corrected chi connectivity index (χ1v) is 15.7. The average molecular weight is 586 g/mol. The van der Waals surface area contributed by atoms with E-state index in [1.807, 2.05) is 67.6 Å². The highest BCUT2D eigenvalue weighted by atomic mass is 32.2. The molecule has 7 heteroatoms. The van der Waals surface area contributed by atoms with Crippen molar-refractivity contribution in [2.75, 3.05) is 13.7 Å². The standard InChI is InChI=1S/C35H39NO5S/c1-6-22-41-33-24-29(40-5)17-21-31(33)26-14-20-32(27(23-26)13-12-25-10-8-7-9-11-25)34(37)36-42(38,39)30-18-15-28(16-19-30)35(2,3)4/h7-11,14-21,23-24H,6,12-13,22H2,1-5H3,(H,36,37). The van der Waals surface area contributed by atoms with Gasteiger partial charge in [-0.05, 0) is 77.3 Å². The molecule has 1 N–H and O–H groups in total. The molecule has 0 saturated heterocycles. The number of hydrogen-bond donors (Lipinski definition) is 1. The normalized spacial score (nSPS) is 11.6. The molecule has 220 valence electrons. The Morgan fingerprint density at radius 3 is 2.21 bits per heavy atom. The maximum atomic E-state index is 13.5. The van der Waals surface area contributed by atoms with E-state index in [-0.39, 0.29) is 10.3 Å². The van der Waals surface area contributed by atoms with Crippen LogP contribution in [0.15, 0.2) is 95.9 Å². The monoisotopic (exact) mass is 585 g/mol. The van der Waals surface area contributed by atoms with Crippen molar-refractivity contribution in [3.8, 4) is 22.6 Å². The summed E-state index contributed by atoms with van der Waals surface area (Å²) in [5.74, 6) is 0.705. The molecule has 6 nitrogen and oxygen atoms in total. The first-order valence-electron chi connectivity index (χ1n) is 14.2. The third-order valence-corrected chi connectivity index (χ3v) is 8.44. The van der Waals surface area contributed by atoms with Crippen molar-refractivity contribution < 1.29 is 22.7 Å². The van der Waals surface area contributed by atoms with Gasteiger partial charge in [0, 0.05) is 17.2 Å². The Morgan fingerprint density at radius 1 is 0.857 bits per heavy atom. The number of amides is 1. The molecule has 4 rings (SSSR count). The first kappa shape index (κ1) is 30.8. The SMILES string of the molecule is CCCOc1cc(OC)ccc1-c1ccc(C(=O)NS(=O)(=O)c2ccc(C(C)(C)C)cc2)c(CCc2ccccc2)c1. The van der Waals surface area contributed by atoms with E-state index >= 15 is 0 Å². The minimum absolute atomic E-state index is 0.0438. The summed E-state index contributed by atoms with van der Waals surface area (Å²) in [6.07, 6.45) is 2.08. The van der Waals surface area contributed by atoms with Crippen molar-refractivity contribution in [1.82, 2.24) is 4.72 Å². The molecule has 0 fully saturated rings. The van der Waals surface area contributed by atoms with Crippen molar-refractivity contribution >= 4 is 15.9 Å². The van der Waals surface area contributed by atoms with Crippen molar-refractivity contribution in [2.24, 2.45) is 0 Å². The van der Waals surface area contributed by atoms with Gasteiger partial charge in [-0.25, -0.2) is 13.1 Å². The lowest BCUT2D eigenvalue weighted by Crippen LogP contribution is -2.31. The lowest BCUT2D eigenvalue weighted by molar-refractivity contribution is 0.0980. The van der Waals surface area contributed by atoms with Gasteiger partial charge in [-0.15, -0.1) is 0 Å². The van der Waals surface area contributed by atoms with E-state index in [4.69, 9.17) is 9.47 Å². The van der Waals surface area contributed by atoms with Crippen LogP contribution in [0.5, 0.6) is 11.5 Å². The predicted molar refractivity (Wildman–Crippen MR) is 168 cm³/mol. The fourth-order valence-electron chi connectivity index (χ4n) is 4.68. The van der Waals surface area contributed by atoms with Crippen LogP contribution in [0.2, 0.25) is 0 Å². The van der Waals surface area contributed by atoms with Gasteiger partial charge in [0.25, 0.3) is 15.9 Å². The van der Waals surface area contributed by atoms with E-state index in [0.29, 0.717) is 36.5 Å². The molecule has 42 heavy (non-hydrogen) atoms. The second-order valence-corrected chi connectivity index (χ2v) is 13.0. The third-order valence-electron chi connectivity index (χ3n) is 7.09. The first-order chi connectivity index (χ1) is 20.0. The Bertz CT molecular complexity index is 1620. The average Bonchev–Trinajstić information content (AvgIpc) is 2.98. The topological polar surface area (TPSA) is 81.7 Å². The van der Waals surface area contributed by atoms with E-state index < -0.39 is 15.9 Å². The Kier molecular flexibility index (Phi) is 9.74. The summed E-state index contributed by atoms with van der Waals surface area (Å²) in [6, 6.07) is 27.8. The van der Waals surface area contributed by atoms with E-state index in [1.54, 1.807) is 25.3 Å². The smallest absolute Gasteiger partial charge is 0.265 e. The quantitative estimate of drug-likeness (QED) is 0.199. The molecule has 0 aliphatic heterocycles. The molecule has 0 heterocycles. The molecule has 0 radical (unpaired) electrons. The zero-order valence-electron chi connectivity index (χ0n) is 24.9. The Morgan fingerprint density at radius 2 is 1.57 bits per heavy atom. The zero-order valence-corrected chi connectivity index (χ0v) is 25.8. The number of carbonyl (C=O) groups is 1. The molecule has 1 amide bonds. The summed E-state index contributed by atoms with van der Waals surface area (Å²) in [6.45, 7) is 8.77. The highest BCUT2D eigenvalue weighted by Gasteiger charge is 2.23. The van der Waals surface area contributed by atoms with Gasteiger partial charge >= 0.3 is 0 Å². The van der Waals surface area contributed by atoms with Crippen LogP contribution >= 0.6 is 0 Å². The second kappa shape index (κ2) is 13.3. The van der Waals surface area contributed by atoms with Crippen molar-refractivity contribution in [1.29, 1.82) is 0 Å². The van der Waals surface area contributed by atoms with Crippen LogP contribution in [-0.2, 0) is 28.3 Å². The summed E-state index contributed by atoms with van der Waals surface area (Å²) in [4.78, 5) is 13.5. The predicted octanol–water partition coefficient (Wildman–Crippen LogP) is 7.35. The Balaban J connectivity index is 1.69. The van der Waals surface area contributed by atoms with Gasteiger partial charge in [-0.1, -0.05) is 82.3 Å². The largest absolute Gasteiger partial charge is 0.497 e. The number of benzene rings is 4. The molecular formula is C35H39NO5S. The molecule has 0 saturated carbocycles. The molecule has 4 aromatic rings. The Labute approximate surface area is 249 Å². The summed E-state index contributed by atoms with van der Waals surface area (Å²) in [5, 5.41) is 0. The molecule has 0 aliphatic carbocycles. The number of rotatable bonds is 11. The summed E-state index contributed by atoms with van der Waals surface area (Å²) in [5.41, 5.74) is 4.79. The summed E-state index contributed by atoms with van der Waals surface area (Å²) >= 11 is 0. The van der Waals surface area contributed by atoms with Gasteiger partial charge in [0.1, 0.15) is 11.5 Å². The van der Waals surface area contributed by atoms with Crippen LogP contribution in [0.25, 0.3) is 11.1 Å². The minimum Gasteiger partial charge on any atom is -0.497 e. The van der Waals surface area contributed by atoms with Gasteiger partial charge in [0.15, 0.2) is 0 Å². The van der Waals surface area contributed by atoms with E-state index in [2.05, 4.69) is 25.5 Å². The minimum atomic E-state index is -4.07. The molecule has 0 bridgehead atoms. The van der Waals surface area contributed by atoms with Crippen LogP contribution in [0.3, 0.4) is 0 Å². The number of nitrogens with one attached hydrogen (secondary N) is 1. The molecule has 0 spiro atoms. The van der Waals surface area contributed by atoms with Crippen molar-refractivity contribution in [3.05, 3.63) is 113 Å². The molecule has 0 aliphatic rings. The highest BCUT2D eigenvalue weighted by molar-refractivity contribution is 7.90. The van der Waals surface area contributed by atoms with E-state index in [0.717, 1.165) is 34.2 Å². The second-order valence-electron chi connectivity index (χ2n) is 11.3. The third kappa shape index (κ3) is 7.59. The zero-order chi connectivity index (χ0) is 30.3.